The van der Waals surface area contributed by atoms with E-state index >= 15 is 0 Å². The topological polar surface area (TPSA) is 52.7 Å². The molecule has 0 radical (unpaired) electrons. The van der Waals surface area contributed by atoms with Crippen LogP contribution in [0.2, 0.25) is 0 Å². The van der Waals surface area contributed by atoms with Crippen LogP contribution in [0.4, 0.5) is 24.5 Å². The molecule has 1 N–H and O–H groups in total. The van der Waals surface area contributed by atoms with E-state index in [2.05, 4.69) is 10.2 Å². The highest BCUT2D eigenvalue weighted by Crippen LogP contribution is 2.25. The minimum absolute atomic E-state index is 0.195. The number of rotatable bonds is 6. The van der Waals surface area contributed by atoms with Crippen LogP contribution in [0.1, 0.15) is 20.3 Å². The minimum Gasteiger partial charge on any atom is -0.372 e. The summed E-state index contributed by atoms with van der Waals surface area (Å²) in [5, 5.41) is 2.67. The minimum atomic E-state index is -4.46. The molecule has 1 aromatic carbocycles. The number of nitrogens with one attached hydrogen (secondary N) is 1. The van der Waals surface area contributed by atoms with Crippen LogP contribution in [-0.2, 0) is 9.59 Å². The fraction of sp³-hybridized carbons (Fsp3) is 0.529. The summed E-state index contributed by atoms with van der Waals surface area (Å²) in [6, 6.07) is 7.24. The molecule has 1 heterocycles. The second-order valence-electron chi connectivity index (χ2n) is 6.00. The van der Waals surface area contributed by atoms with Crippen LogP contribution >= 0.6 is 0 Å². The Balaban J connectivity index is 1.95. The fourth-order valence-electron chi connectivity index (χ4n) is 2.91. The zero-order chi connectivity index (χ0) is 18.6. The zero-order valence-electron chi connectivity index (χ0n) is 14.3. The van der Waals surface area contributed by atoms with Crippen LogP contribution in [0.3, 0.4) is 0 Å². The predicted molar refractivity (Wildman–Crippen MR) is 89.4 cm³/mol. The van der Waals surface area contributed by atoms with Crippen molar-refractivity contribution in [3.8, 4) is 0 Å². The third-order valence-electron chi connectivity index (χ3n) is 4.22. The van der Waals surface area contributed by atoms with Crippen molar-refractivity contribution in [2.45, 2.75) is 26.4 Å². The molecule has 138 valence electrons. The number of halogens is 3. The van der Waals surface area contributed by atoms with Gasteiger partial charge in [-0.25, -0.2) is 0 Å². The predicted octanol–water partition coefficient (Wildman–Crippen LogP) is 2.88. The first-order valence-corrected chi connectivity index (χ1v) is 8.24. The highest BCUT2D eigenvalue weighted by atomic mass is 19.4. The Morgan fingerprint density at radius 1 is 1.24 bits per heavy atom. The van der Waals surface area contributed by atoms with Gasteiger partial charge in [0, 0.05) is 37.4 Å². The molecular formula is C17H22F3N3O2. The Morgan fingerprint density at radius 2 is 1.84 bits per heavy atom. The molecule has 1 fully saturated rings. The van der Waals surface area contributed by atoms with Crippen molar-refractivity contribution >= 4 is 23.2 Å². The normalized spacial score (nSPS) is 17.7. The van der Waals surface area contributed by atoms with Crippen LogP contribution in [0.5, 0.6) is 0 Å². The van der Waals surface area contributed by atoms with Gasteiger partial charge in [0.15, 0.2) is 0 Å². The molecule has 2 rings (SSSR count). The number of alkyl halides is 3. The SMILES string of the molecule is CCN(CC)c1ccc(NC(=O)C2CC(=O)N(CC(F)(F)F)C2)cc1. The first-order valence-electron chi connectivity index (χ1n) is 8.24. The number of benzene rings is 1. The number of nitrogens with zero attached hydrogens (tertiary/aromatic N) is 2. The van der Waals surface area contributed by atoms with Gasteiger partial charge in [-0.05, 0) is 38.1 Å². The number of anilines is 2. The van der Waals surface area contributed by atoms with E-state index in [1.54, 1.807) is 12.1 Å². The van der Waals surface area contributed by atoms with E-state index in [-0.39, 0.29) is 13.0 Å². The molecule has 1 aliphatic rings. The highest BCUT2D eigenvalue weighted by Gasteiger charge is 2.40. The zero-order valence-corrected chi connectivity index (χ0v) is 14.3. The Kier molecular flexibility index (Phi) is 5.92. The van der Waals surface area contributed by atoms with Gasteiger partial charge in [0.2, 0.25) is 11.8 Å². The summed E-state index contributed by atoms with van der Waals surface area (Å²) in [6.07, 6.45) is -4.65. The van der Waals surface area contributed by atoms with Crippen LogP contribution in [-0.4, -0.2) is 49.1 Å². The monoisotopic (exact) mass is 357 g/mol. The van der Waals surface area contributed by atoms with E-state index < -0.39 is 30.5 Å². The molecule has 1 aliphatic heterocycles. The largest absolute Gasteiger partial charge is 0.406 e. The maximum Gasteiger partial charge on any atom is 0.406 e. The van der Waals surface area contributed by atoms with Crippen molar-refractivity contribution in [3.05, 3.63) is 24.3 Å². The van der Waals surface area contributed by atoms with Crippen LogP contribution < -0.4 is 10.2 Å². The second-order valence-corrected chi connectivity index (χ2v) is 6.00. The smallest absolute Gasteiger partial charge is 0.372 e. The molecule has 25 heavy (non-hydrogen) atoms. The molecule has 8 heteroatoms. The van der Waals surface area contributed by atoms with E-state index in [1.807, 2.05) is 26.0 Å². The average molecular weight is 357 g/mol. The maximum atomic E-state index is 12.4. The summed E-state index contributed by atoms with van der Waals surface area (Å²) < 4.78 is 37.3. The van der Waals surface area contributed by atoms with Crippen LogP contribution in [0.25, 0.3) is 0 Å². The van der Waals surface area contributed by atoms with Crippen molar-refractivity contribution in [3.63, 3.8) is 0 Å². The molecule has 0 aliphatic carbocycles. The molecule has 2 amide bonds. The Hall–Kier alpha value is -2.25. The quantitative estimate of drug-likeness (QED) is 0.852. The molecule has 0 spiro atoms. The van der Waals surface area contributed by atoms with Crippen LogP contribution in [0, 0.1) is 5.92 Å². The first kappa shape index (κ1) is 19.1. The van der Waals surface area contributed by atoms with E-state index in [4.69, 9.17) is 0 Å². The number of amides is 2. The van der Waals surface area contributed by atoms with Crippen molar-refractivity contribution in [1.82, 2.24) is 4.90 Å². The second kappa shape index (κ2) is 7.76. The third kappa shape index (κ3) is 5.11. The van der Waals surface area contributed by atoms with Gasteiger partial charge >= 0.3 is 6.18 Å². The summed E-state index contributed by atoms with van der Waals surface area (Å²) >= 11 is 0. The average Bonchev–Trinajstić information content (AvgIpc) is 2.89. The Bertz CT molecular complexity index is 613. The Morgan fingerprint density at radius 3 is 2.36 bits per heavy atom. The van der Waals surface area contributed by atoms with Gasteiger partial charge in [0.1, 0.15) is 6.54 Å². The number of carbonyl (C=O) groups excluding carboxylic acids is 2. The van der Waals surface area contributed by atoms with Crippen molar-refractivity contribution < 1.29 is 22.8 Å². The molecule has 1 atom stereocenters. The summed E-state index contributed by atoms with van der Waals surface area (Å²) in [5.74, 6) is -1.85. The van der Waals surface area contributed by atoms with Gasteiger partial charge in [-0.1, -0.05) is 0 Å². The number of carbonyl (C=O) groups is 2. The van der Waals surface area contributed by atoms with Crippen molar-refractivity contribution in [1.29, 1.82) is 0 Å². The summed E-state index contributed by atoms with van der Waals surface area (Å²) in [4.78, 5) is 26.7. The van der Waals surface area contributed by atoms with E-state index in [0.29, 0.717) is 10.6 Å². The van der Waals surface area contributed by atoms with Gasteiger partial charge in [-0.2, -0.15) is 13.2 Å². The molecule has 0 aromatic heterocycles. The van der Waals surface area contributed by atoms with Gasteiger partial charge in [0.05, 0.1) is 5.92 Å². The van der Waals surface area contributed by atoms with Gasteiger partial charge < -0.3 is 15.1 Å². The summed E-state index contributed by atoms with van der Waals surface area (Å²) in [6.45, 7) is 4.30. The van der Waals surface area contributed by atoms with E-state index in [0.717, 1.165) is 18.8 Å². The molecule has 1 aromatic rings. The van der Waals surface area contributed by atoms with Gasteiger partial charge in [0.25, 0.3) is 0 Å². The van der Waals surface area contributed by atoms with Gasteiger partial charge in [-0.3, -0.25) is 9.59 Å². The summed E-state index contributed by atoms with van der Waals surface area (Å²) in [5.41, 5.74) is 1.58. The van der Waals surface area contributed by atoms with Crippen molar-refractivity contribution in [2.24, 2.45) is 5.92 Å². The lowest BCUT2D eigenvalue weighted by molar-refractivity contribution is -0.157. The van der Waals surface area contributed by atoms with E-state index in [1.165, 1.54) is 0 Å². The van der Waals surface area contributed by atoms with E-state index in [9.17, 15) is 22.8 Å². The lowest BCUT2D eigenvalue weighted by Crippen LogP contribution is -2.36. The third-order valence-corrected chi connectivity index (χ3v) is 4.22. The van der Waals surface area contributed by atoms with Crippen molar-refractivity contribution in [2.75, 3.05) is 36.4 Å². The molecule has 0 saturated carbocycles. The standard InChI is InChI=1S/C17H22F3N3O2/c1-3-22(4-2)14-7-5-13(6-8-14)21-16(25)12-9-15(24)23(10-12)11-17(18,19)20/h5-8,12H,3-4,9-11H2,1-2H3,(H,21,25). The molecule has 5 nitrogen and oxygen atoms in total. The Labute approximate surface area is 144 Å². The maximum absolute atomic E-state index is 12.4. The lowest BCUT2D eigenvalue weighted by Gasteiger charge is -2.21. The summed E-state index contributed by atoms with van der Waals surface area (Å²) in [7, 11) is 0. The fourth-order valence-corrected chi connectivity index (χ4v) is 2.91. The lowest BCUT2D eigenvalue weighted by atomic mass is 10.1. The number of hydrogen-bond donors (Lipinski definition) is 1. The van der Waals surface area contributed by atoms with Crippen LogP contribution in [0.15, 0.2) is 24.3 Å². The number of hydrogen-bond acceptors (Lipinski definition) is 3. The first-order chi connectivity index (χ1) is 11.7. The molecular weight excluding hydrogens is 335 g/mol. The molecule has 1 saturated heterocycles. The number of likely N-dealkylation sites (tertiary alicyclic amines) is 1. The molecule has 1 unspecified atom stereocenters. The highest BCUT2D eigenvalue weighted by molar-refractivity contribution is 5.97. The molecule has 0 bridgehead atoms. The van der Waals surface area contributed by atoms with Gasteiger partial charge in [-0.15, -0.1) is 0 Å².